The van der Waals surface area contributed by atoms with Gasteiger partial charge in [0, 0.05) is 4.47 Å². The Morgan fingerprint density at radius 2 is 1.60 bits per heavy atom. The monoisotopic (exact) mass is 356 g/mol. The van der Waals surface area contributed by atoms with Crippen molar-refractivity contribution in [1.82, 2.24) is 0 Å². The minimum atomic E-state index is -0.398. The lowest BCUT2D eigenvalue weighted by atomic mass is 9.99. The number of hydrogen-bond donors (Lipinski definition) is 0. The van der Waals surface area contributed by atoms with Crippen molar-refractivity contribution in [2.45, 2.75) is 19.2 Å². The molecule has 0 fully saturated rings. The average molecular weight is 358 g/mol. The van der Waals surface area contributed by atoms with E-state index in [-0.39, 0.29) is 5.82 Å². The zero-order valence-electron chi connectivity index (χ0n) is 11.5. The molecule has 1 atom stereocenters. The third-order valence-corrected chi connectivity index (χ3v) is 4.12. The van der Waals surface area contributed by atoms with Gasteiger partial charge in [-0.05, 0) is 54.3 Å². The highest BCUT2D eigenvalue weighted by molar-refractivity contribution is 9.10. The van der Waals surface area contributed by atoms with Crippen LogP contribution in [0.25, 0.3) is 0 Å². The maximum absolute atomic E-state index is 13.5. The zero-order chi connectivity index (χ0) is 14.9. The molecule has 0 saturated carbocycles. The van der Waals surface area contributed by atoms with Crippen molar-refractivity contribution in [2.75, 3.05) is 7.11 Å². The van der Waals surface area contributed by atoms with Crippen molar-refractivity contribution in [3.63, 3.8) is 0 Å². The van der Waals surface area contributed by atoms with Crippen LogP contribution in [0.1, 0.15) is 27.6 Å². The van der Waals surface area contributed by atoms with Crippen LogP contribution in [0, 0.1) is 19.7 Å². The fourth-order valence-electron chi connectivity index (χ4n) is 2.37. The number of ether oxygens (including phenoxy) is 1. The molecule has 0 aromatic heterocycles. The summed E-state index contributed by atoms with van der Waals surface area (Å²) in [6, 6.07) is 8.65. The Balaban J connectivity index is 2.45. The van der Waals surface area contributed by atoms with Gasteiger partial charge in [0.2, 0.25) is 0 Å². The second kappa shape index (κ2) is 6.15. The number of methoxy groups -OCH3 is 1. The maximum Gasteiger partial charge on any atom is 0.124 e. The van der Waals surface area contributed by atoms with Crippen LogP contribution >= 0.6 is 27.5 Å². The van der Waals surface area contributed by atoms with Gasteiger partial charge in [-0.1, -0.05) is 28.1 Å². The summed E-state index contributed by atoms with van der Waals surface area (Å²) < 4.78 is 19.5. The van der Waals surface area contributed by atoms with Crippen LogP contribution in [0.15, 0.2) is 34.8 Å². The van der Waals surface area contributed by atoms with Gasteiger partial charge in [-0.15, -0.1) is 11.6 Å². The molecular weight excluding hydrogens is 343 g/mol. The van der Waals surface area contributed by atoms with Crippen LogP contribution in [0.4, 0.5) is 4.39 Å². The zero-order valence-corrected chi connectivity index (χ0v) is 13.8. The molecule has 0 bridgehead atoms. The number of aryl methyl sites for hydroxylation is 2. The van der Waals surface area contributed by atoms with Gasteiger partial charge >= 0.3 is 0 Å². The first-order chi connectivity index (χ1) is 9.42. The molecule has 0 aliphatic rings. The van der Waals surface area contributed by atoms with Crippen molar-refractivity contribution in [1.29, 1.82) is 0 Å². The van der Waals surface area contributed by atoms with Crippen LogP contribution in [0.3, 0.4) is 0 Å². The second-order valence-electron chi connectivity index (χ2n) is 4.75. The SMILES string of the molecule is COc1c(C)cc(C(Cl)c2cc(F)cc(Br)c2)cc1C. The molecule has 1 unspecified atom stereocenters. The summed E-state index contributed by atoms with van der Waals surface area (Å²) in [5, 5.41) is -0.398. The summed E-state index contributed by atoms with van der Waals surface area (Å²) >= 11 is 9.77. The summed E-state index contributed by atoms with van der Waals surface area (Å²) in [5.74, 6) is 0.556. The fourth-order valence-corrected chi connectivity index (χ4v) is 3.10. The Labute approximate surface area is 131 Å². The third-order valence-electron chi connectivity index (χ3n) is 3.16. The highest BCUT2D eigenvalue weighted by atomic mass is 79.9. The minimum Gasteiger partial charge on any atom is -0.496 e. The van der Waals surface area contributed by atoms with Crippen molar-refractivity contribution in [3.05, 3.63) is 62.9 Å². The van der Waals surface area contributed by atoms with E-state index in [1.807, 2.05) is 32.0 Å². The molecule has 1 nitrogen and oxygen atoms in total. The van der Waals surface area contributed by atoms with E-state index in [2.05, 4.69) is 15.9 Å². The second-order valence-corrected chi connectivity index (χ2v) is 6.11. The molecule has 0 amide bonds. The predicted molar refractivity (Wildman–Crippen MR) is 84.3 cm³/mol. The molecule has 4 heteroatoms. The standard InChI is InChI=1S/C16H15BrClFO/c1-9-4-11(5-10(2)16(9)20-3)15(18)12-6-13(17)8-14(19)7-12/h4-8,15H,1-3H3. The molecule has 2 aromatic carbocycles. The summed E-state index contributed by atoms with van der Waals surface area (Å²) in [6.07, 6.45) is 0. The van der Waals surface area contributed by atoms with E-state index < -0.39 is 5.38 Å². The van der Waals surface area contributed by atoms with E-state index in [0.717, 1.165) is 28.0 Å². The van der Waals surface area contributed by atoms with E-state index in [0.29, 0.717) is 4.47 Å². The van der Waals surface area contributed by atoms with Gasteiger partial charge in [-0.3, -0.25) is 0 Å². The number of hydrogen-bond acceptors (Lipinski definition) is 1. The fraction of sp³-hybridized carbons (Fsp3) is 0.250. The molecule has 0 aliphatic carbocycles. The molecule has 0 saturated heterocycles. The average Bonchev–Trinajstić information content (AvgIpc) is 2.36. The first-order valence-corrected chi connectivity index (χ1v) is 7.40. The van der Waals surface area contributed by atoms with Crippen LogP contribution in [-0.2, 0) is 0 Å². The van der Waals surface area contributed by atoms with Crippen molar-refractivity contribution >= 4 is 27.5 Å². The van der Waals surface area contributed by atoms with E-state index in [9.17, 15) is 4.39 Å². The van der Waals surface area contributed by atoms with Gasteiger partial charge in [0.15, 0.2) is 0 Å². The van der Waals surface area contributed by atoms with E-state index in [1.165, 1.54) is 12.1 Å². The minimum absolute atomic E-state index is 0.304. The highest BCUT2D eigenvalue weighted by Crippen LogP contribution is 2.35. The van der Waals surface area contributed by atoms with Gasteiger partial charge < -0.3 is 4.74 Å². The maximum atomic E-state index is 13.5. The van der Waals surface area contributed by atoms with Crippen molar-refractivity contribution < 1.29 is 9.13 Å². The summed E-state index contributed by atoms with van der Waals surface area (Å²) in [6.45, 7) is 3.95. The summed E-state index contributed by atoms with van der Waals surface area (Å²) in [4.78, 5) is 0. The lowest BCUT2D eigenvalue weighted by Gasteiger charge is -2.15. The Kier molecular flexibility index (Phi) is 4.71. The number of rotatable bonds is 3. The Bertz CT molecular complexity index is 599. The van der Waals surface area contributed by atoms with Crippen LogP contribution < -0.4 is 4.74 Å². The molecule has 106 valence electrons. The lowest BCUT2D eigenvalue weighted by Crippen LogP contribution is -1.98. The number of alkyl halides is 1. The van der Waals surface area contributed by atoms with E-state index >= 15 is 0 Å². The van der Waals surface area contributed by atoms with Gasteiger partial charge in [0.25, 0.3) is 0 Å². The van der Waals surface area contributed by atoms with Gasteiger partial charge in [-0.2, -0.15) is 0 Å². The molecule has 0 heterocycles. The molecule has 2 aromatic rings. The van der Waals surface area contributed by atoms with Crippen LogP contribution in [0.2, 0.25) is 0 Å². The molecule has 2 rings (SSSR count). The third kappa shape index (κ3) is 3.15. The molecule has 0 radical (unpaired) electrons. The molecule has 20 heavy (non-hydrogen) atoms. The van der Waals surface area contributed by atoms with E-state index in [1.54, 1.807) is 7.11 Å². The molecule has 0 spiro atoms. The van der Waals surface area contributed by atoms with Crippen LogP contribution in [0.5, 0.6) is 5.75 Å². The quantitative estimate of drug-likeness (QED) is 0.655. The highest BCUT2D eigenvalue weighted by Gasteiger charge is 2.15. The summed E-state index contributed by atoms with van der Waals surface area (Å²) in [7, 11) is 1.65. The summed E-state index contributed by atoms with van der Waals surface area (Å²) in [5.41, 5.74) is 3.69. The van der Waals surface area contributed by atoms with Crippen LogP contribution in [-0.4, -0.2) is 7.11 Å². The molecular formula is C16H15BrClFO. The topological polar surface area (TPSA) is 9.23 Å². The first-order valence-electron chi connectivity index (χ1n) is 6.17. The Morgan fingerprint density at radius 1 is 1.05 bits per heavy atom. The Hall–Kier alpha value is -1.06. The normalized spacial score (nSPS) is 12.3. The molecule has 0 aliphatic heterocycles. The van der Waals surface area contributed by atoms with Gasteiger partial charge in [-0.25, -0.2) is 4.39 Å². The number of benzene rings is 2. The van der Waals surface area contributed by atoms with Crippen molar-refractivity contribution in [2.24, 2.45) is 0 Å². The Morgan fingerprint density at radius 3 is 2.10 bits per heavy atom. The smallest absolute Gasteiger partial charge is 0.124 e. The van der Waals surface area contributed by atoms with Crippen molar-refractivity contribution in [3.8, 4) is 5.75 Å². The van der Waals surface area contributed by atoms with Gasteiger partial charge in [0.1, 0.15) is 11.6 Å². The largest absolute Gasteiger partial charge is 0.496 e. The predicted octanol–water partition coefficient (Wildman–Crippen LogP) is 5.54. The first kappa shape index (κ1) is 15.3. The number of halogens is 3. The van der Waals surface area contributed by atoms with E-state index in [4.69, 9.17) is 16.3 Å². The van der Waals surface area contributed by atoms with Gasteiger partial charge in [0.05, 0.1) is 12.5 Å². The lowest BCUT2D eigenvalue weighted by molar-refractivity contribution is 0.408. The molecule has 0 N–H and O–H groups in total.